The topological polar surface area (TPSA) is 62.4 Å². The van der Waals surface area contributed by atoms with E-state index in [0.717, 1.165) is 6.42 Å². The Morgan fingerprint density at radius 3 is 3.00 bits per heavy atom. The summed E-state index contributed by atoms with van der Waals surface area (Å²) in [7, 11) is 0. The molecule has 4 nitrogen and oxygen atoms in total. The van der Waals surface area contributed by atoms with Crippen LogP contribution in [0.15, 0.2) is 4.99 Å². The Kier molecular flexibility index (Phi) is 2.34. The number of rotatable bonds is 1. The second-order valence-corrected chi connectivity index (χ2v) is 2.54. The van der Waals surface area contributed by atoms with Crippen molar-refractivity contribution in [3.63, 3.8) is 0 Å². The summed E-state index contributed by atoms with van der Waals surface area (Å²) in [6.45, 7) is 2.03. The predicted molar refractivity (Wildman–Crippen MR) is 41.6 cm³/mol. The summed E-state index contributed by atoms with van der Waals surface area (Å²) < 4.78 is 0. The van der Waals surface area contributed by atoms with Gasteiger partial charge in [0.05, 0.1) is 6.17 Å². The SMILES string of the molecule is CCC1NC(N)=NC(Cl)N1. The zero-order chi connectivity index (χ0) is 7.56. The van der Waals surface area contributed by atoms with Crippen LogP contribution in [0.3, 0.4) is 0 Å². The molecule has 0 aromatic rings. The van der Waals surface area contributed by atoms with Gasteiger partial charge in [-0.2, -0.15) is 0 Å². The molecule has 2 unspecified atom stereocenters. The number of aliphatic imine (C=N–C) groups is 1. The van der Waals surface area contributed by atoms with Crippen LogP contribution in [0.1, 0.15) is 13.3 Å². The minimum Gasteiger partial charge on any atom is -0.370 e. The fourth-order valence-corrected chi connectivity index (χ4v) is 1.06. The highest BCUT2D eigenvalue weighted by atomic mass is 35.5. The number of alkyl halides is 1. The minimum absolute atomic E-state index is 0.153. The molecule has 0 fully saturated rings. The molecule has 1 aliphatic heterocycles. The first-order valence-corrected chi connectivity index (χ1v) is 3.66. The van der Waals surface area contributed by atoms with E-state index >= 15 is 0 Å². The lowest BCUT2D eigenvalue weighted by Gasteiger charge is -2.25. The molecule has 0 amide bonds. The number of halogens is 1. The van der Waals surface area contributed by atoms with Gasteiger partial charge < -0.3 is 11.1 Å². The molecule has 1 heterocycles. The summed E-state index contributed by atoms with van der Waals surface area (Å²) in [6.07, 6.45) is 1.08. The third-order valence-electron chi connectivity index (χ3n) is 1.32. The molecule has 5 heteroatoms. The maximum Gasteiger partial charge on any atom is 0.192 e. The van der Waals surface area contributed by atoms with Crippen molar-refractivity contribution in [1.82, 2.24) is 10.6 Å². The van der Waals surface area contributed by atoms with Crippen LogP contribution in [0, 0.1) is 0 Å². The Labute approximate surface area is 64.8 Å². The van der Waals surface area contributed by atoms with Crippen molar-refractivity contribution in [1.29, 1.82) is 0 Å². The fraction of sp³-hybridized carbons (Fsp3) is 0.800. The van der Waals surface area contributed by atoms with Gasteiger partial charge in [-0.1, -0.05) is 18.5 Å². The van der Waals surface area contributed by atoms with Crippen LogP contribution in [0.2, 0.25) is 0 Å². The first kappa shape index (κ1) is 7.63. The zero-order valence-corrected chi connectivity index (χ0v) is 6.52. The maximum absolute atomic E-state index is 5.67. The van der Waals surface area contributed by atoms with E-state index in [1.807, 2.05) is 6.92 Å². The fourth-order valence-electron chi connectivity index (χ4n) is 0.803. The van der Waals surface area contributed by atoms with Gasteiger partial charge >= 0.3 is 0 Å². The summed E-state index contributed by atoms with van der Waals surface area (Å²) in [6, 6.07) is 0. The molecule has 4 N–H and O–H groups in total. The van der Waals surface area contributed by atoms with Gasteiger partial charge in [-0.05, 0) is 6.42 Å². The van der Waals surface area contributed by atoms with Crippen LogP contribution >= 0.6 is 11.6 Å². The minimum atomic E-state index is -0.383. The number of guanidine groups is 1. The number of hydrogen-bond donors (Lipinski definition) is 3. The van der Waals surface area contributed by atoms with Crippen molar-refractivity contribution in [3.8, 4) is 0 Å². The summed E-state index contributed by atoms with van der Waals surface area (Å²) in [5.74, 6) is 0.408. The number of nitrogens with one attached hydrogen (secondary N) is 2. The Bertz CT molecular complexity index is 147. The van der Waals surface area contributed by atoms with Crippen LogP contribution in [-0.4, -0.2) is 17.8 Å². The third kappa shape index (κ3) is 1.75. The van der Waals surface area contributed by atoms with E-state index in [9.17, 15) is 0 Å². The first-order chi connectivity index (χ1) is 4.72. The highest BCUT2D eigenvalue weighted by Crippen LogP contribution is 2.00. The van der Waals surface area contributed by atoms with Gasteiger partial charge in [0, 0.05) is 0 Å². The van der Waals surface area contributed by atoms with Crippen LogP contribution in [-0.2, 0) is 0 Å². The van der Waals surface area contributed by atoms with Crippen molar-refractivity contribution in [2.75, 3.05) is 0 Å². The number of nitrogens with two attached hydrogens (primary N) is 1. The predicted octanol–water partition coefficient (Wildman–Crippen LogP) is -0.248. The largest absolute Gasteiger partial charge is 0.370 e. The van der Waals surface area contributed by atoms with E-state index in [1.54, 1.807) is 0 Å². The second kappa shape index (κ2) is 3.07. The molecule has 0 spiro atoms. The molecule has 1 aliphatic rings. The van der Waals surface area contributed by atoms with E-state index in [2.05, 4.69) is 15.6 Å². The smallest absolute Gasteiger partial charge is 0.192 e. The van der Waals surface area contributed by atoms with E-state index in [-0.39, 0.29) is 11.8 Å². The molecule has 1 rings (SSSR count). The normalized spacial score (nSPS) is 32.8. The lowest BCUT2D eigenvalue weighted by Crippen LogP contribution is -2.54. The van der Waals surface area contributed by atoms with Crippen molar-refractivity contribution in [3.05, 3.63) is 0 Å². The Hall–Kier alpha value is -0.480. The highest BCUT2D eigenvalue weighted by Gasteiger charge is 2.15. The van der Waals surface area contributed by atoms with E-state index in [0.29, 0.717) is 5.96 Å². The van der Waals surface area contributed by atoms with E-state index in [1.165, 1.54) is 0 Å². The molecule has 0 aromatic heterocycles. The maximum atomic E-state index is 5.67. The molecular formula is C5H11ClN4. The Morgan fingerprint density at radius 2 is 2.50 bits per heavy atom. The molecule has 0 saturated carbocycles. The molecular weight excluding hydrogens is 152 g/mol. The molecule has 0 aliphatic carbocycles. The quantitative estimate of drug-likeness (QED) is 0.368. The lowest BCUT2D eigenvalue weighted by molar-refractivity contribution is 0.436. The van der Waals surface area contributed by atoms with Gasteiger partial charge in [-0.15, -0.1) is 0 Å². The van der Waals surface area contributed by atoms with Crippen molar-refractivity contribution >= 4 is 17.6 Å². The summed E-state index contributed by atoms with van der Waals surface area (Å²) in [5.41, 5.74) is 5.02. The average Bonchev–Trinajstić information content (AvgIpc) is 1.85. The van der Waals surface area contributed by atoms with Crippen LogP contribution in [0.5, 0.6) is 0 Å². The van der Waals surface area contributed by atoms with Gasteiger partial charge in [0.2, 0.25) is 0 Å². The summed E-state index contributed by atoms with van der Waals surface area (Å²) >= 11 is 5.67. The van der Waals surface area contributed by atoms with Crippen molar-refractivity contribution < 1.29 is 0 Å². The molecule has 58 valence electrons. The monoisotopic (exact) mass is 162 g/mol. The van der Waals surface area contributed by atoms with Gasteiger partial charge in [-0.3, -0.25) is 5.32 Å². The summed E-state index contributed by atoms with van der Waals surface area (Å²) in [5, 5.41) is 5.91. The van der Waals surface area contributed by atoms with Gasteiger partial charge in [0.25, 0.3) is 0 Å². The van der Waals surface area contributed by atoms with Gasteiger partial charge in [0.1, 0.15) is 0 Å². The Balaban J connectivity index is 2.52. The van der Waals surface area contributed by atoms with Crippen molar-refractivity contribution in [2.24, 2.45) is 10.7 Å². The molecule has 0 radical (unpaired) electrons. The zero-order valence-electron chi connectivity index (χ0n) is 5.76. The van der Waals surface area contributed by atoms with Crippen LogP contribution < -0.4 is 16.4 Å². The molecule has 0 saturated heterocycles. The highest BCUT2D eigenvalue weighted by molar-refractivity contribution is 6.20. The number of nitrogens with zero attached hydrogens (tertiary/aromatic N) is 1. The molecule has 0 bridgehead atoms. The van der Waals surface area contributed by atoms with Crippen LogP contribution in [0.4, 0.5) is 0 Å². The van der Waals surface area contributed by atoms with Crippen molar-refractivity contribution in [2.45, 2.75) is 25.1 Å². The van der Waals surface area contributed by atoms with E-state index < -0.39 is 0 Å². The first-order valence-electron chi connectivity index (χ1n) is 3.22. The average molecular weight is 163 g/mol. The molecule has 2 atom stereocenters. The number of hydrogen-bond acceptors (Lipinski definition) is 4. The standard InChI is InChI=1S/C5H11ClN4/c1-2-3-8-4(6)10-5(7)9-3/h3-4,8H,2H2,1H3,(H3,7,9,10). The van der Waals surface area contributed by atoms with Gasteiger partial charge in [-0.25, -0.2) is 4.99 Å². The Morgan fingerprint density at radius 1 is 1.80 bits per heavy atom. The van der Waals surface area contributed by atoms with E-state index in [4.69, 9.17) is 17.3 Å². The second-order valence-electron chi connectivity index (χ2n) is 2.12. The molecule has 0 aromatic carbocycles. The van der Waals surface area contributed by atoms with Gasteiger partial charge in [0.15, 0.2) is 11.6 Å². The summed E-state index contributed by atoms with van der Waals surface area (Å²) in [4.78, 5) is 3.82. The third-order valence-corrected chi connectivity index (χ3v) is 1.55. The molecule has 10 heavy (non-hydrogen) atoms. The lowest BCUT2D eigenvalue weighted by atomic mass is 10.3. The van der Waals surface area contributed by atoms with Crippen LogP contribution in [0.25, 0.3) is 0 Å².